The van der Waals surface area contributed by atoms with Crippen molar-refractivity contribution in [2.75, 3.05) is 31.1 Å². The van der Waals surface area contributed by atoms with Crippen molar-refractivity contribution in [2.24, 2.45) is 0 Å². The highest BCUT2D eigenvalue weighted by Gasteiger charge is 2.28. The van der Waals surface area contributed by atoms with Crippen LogP contribution in [0.1, 0.15) is 80.5 Å². The summed E-state index contributed by atoms with van der Waals surface area (Å²) < 4.78 is 0. The van der Waals surface area contributed by atoms with Gasteiger partial charge in [-0.15, -0.1) is 11.3 Å². The number of anilines is 1. The van der Waals surface area contributed by atoms with E-state index in [2.05, 4.69) is 4.90 Å². The monoisotopic (exact) mass is 412 g/mol. The van der Waals surface area contributed by atoms with Gasteiger partial charge in [-0.05, 0) is 44.1 Å². The molecule has 5 nitrogen and oxygen atoms in total. The van der Waals surface area contributed by atoms with Crippen LogP contribution in [0.2, 0.25) is 0 Å². The standard InChI is InChI=1S/C23H32N4OS/c1-2-19(28)26-12-14-27(15-13-26)22-20-17-10-6-7-11-18(17)29-23(20)25-21(24-22)16-8-4-3-5-9-16/h16H,2-15H2,1H3. The van der Waals surface area contributed by atoms with E-state index in [9.17, 15) is 4.79 Å². The van der Waals surface area contributed by atoms with Gasteiger partial charge in [0, 0.05) is 43.4 Å². The fraction of sp³-hybridized carbons (Fsp3) is 0.696. The number of hydrogen-bond acceptors (Lipinski definition) is 5. The summed E-state index contributed by atoms with van der Waals surface area (Å²) in [5, 5.41) is 1.33. The van der Waals surface area contributed by atoms with Gasteiger partial charge < -0.3 is 9.80 Å². The van der Waals surface area contributed by atoms with Gasteiger partial charge in [0.15, 0.2) is 0 Å². The molecule has 29 heavy (non-hydrogen) atoms. The van der Waals surface area contributed by atoms with Crippen LogP contribution in [-0.4, -0.2) is 47.0 Å². The number of nitrogens with zero attached hydrogens (tertiary/aromatic N) is 4. The van der Waals surface area contributed by atoms with Crippen molar-refractivity contribution in [1.29, 1.82) is 0 Å². The summed E-state index contributed by atoms with van der Waals surface area (Å²) in [6.07, 6.45) is 12.0. The third-order valence-electron chi connectivity index (χ3n) is 7.02. The molecule has 0 atom stereocenters. The van der Waals surface area contributed by atoms with E-state index in [1.54, 1.807) is 4.88 Å². The Morgan fingerprint density at radius 3 is 2.52 bits per heavy atom. The van der Waals surface area contributed by atoms with E-state index in [0.29, 0.717) is 12.3 Å². The molecule has 3 aliphatic rings. The number of hydrogen-bond donors (Lipinski definition) is 0. The first-order valence-electron chi connectivity index (χ1n) is 11.6. The molecule has 2 fully saturated rings. The van der Waals surface area contributed by atoms with Gasteiger partial charge in [0.25, 0.3) is 0 Å². The number of piperazine rings is 1. The molecule has 0 radical (unpaired) electrons. The molecule has 0 aromatic carbocycles. The van der Waals surface area contributed by atoms with Gasteiger partial charge in [-0.2, -0.15) is 0 Å². The van der Waals surface area contributed by atoms with Crippen molar-refractivity contribution in [1.82, 2.24) is 14.9 Å². The first kappa shape index (κ1) is 19.3. The van der Waals surface area contributed by atoms with E-state index in [-0.39, 0.29) is 5.91 Å². The van der Waals surface area contributed by atoms with Gasteiger partial charge in [-0.25, -0.2) is 9.97 Å². The number of rotatable bonds is 3. The van der Waals surface area contributed by atoms with Crippen LogP contribution in [-0.2, 0) is 17.6 Å². The topological polar surface area (TPSA) is 49.3 Å². The van der Waals surface area contributed by atoms with Gasteiger partial charge in [-0.3, -0.25) is 4.79 Å². The van der Waals surface area contributed by atoms with Gasteiger partial charge >= 0.3 is 0 Å². The lowest BCUT2D eigenvalue weighted by Crippen LogP contribution is -2.49. The lowest BCUT2D eigenvalue weighted by molar-refractivity contribution is -0.131. The molecule has 0 bridgehead atoms. The maximum absolute atomic E-state index is 12.1. The fourth-order valence-electron chi connectivity index (χ4n) is 5.32. The summed E-state index contributed by atoms with van der Waals surface area (Å²) in [7, 11) is 0. The number of thiophene rings is 1. The largest absolute Gasteiger partial charge is 0.352 e. The third kappa shape index (κ3) is 3.65. The van der Waals surface area contributed by atoms with Crippen LogP contribution in [0.25, 0.3) is 10.2 Å². The van der Waals surface area contributed by atoms with E-state index >= 15 is 0 Å². The van der Waals surface area contributed by atoms with E-state index in [0.717, 1.165) is 32.0 Å². The Labute approximate surface area is 177 Å². The number of carbonyl (C=O) groups is 1. The highest BCUT2D eigenvalue weighted by Crippen LogP contribution is 2.42. The van der Waals surface area contributed by atoms with Crippen LogP contribution < -0.4 is 4.90 Å². The Bertz CT molecular complexity index is 894. The van der Waals surface area contributed by atoms with Crippen molar-refractivity contribution in [2.45, 2.75) is 77.0 Å². The minimum atomic E-state index is 0.272. The molecule has 1 saturated heterocycles. The number of aryl methyl sites for hydroxylation is 2. The summed E-state index contributed by atoms with van der Waals surface area (Å²) >= 11 is 1.92. The smallest absolute Gasteiger partial charge is 0.222 e. The summed E-state index contributed by atoms with van der Waals surface area (Å²) in [5.74, 6) is 3.04. The number of aromatic nitrogens is 2. The average molecular weight is 413 g/mol. The first-order valence-corrected chi connectivity index (χ1v) is 12.4. The number of carbonyl (C=O) groups excluding carboxylic acids is 1. The van der Waals surface area contributed by atoms with Crippen LogP contribution >= 0.6 is 11.3 Å². The Kier molecular flexibility index (Phi) is 5.46. The molecule has 5 rings (SSSR count). The summed E-state index contributed by atoms with van der Waals surface area (Å²) in [6, 6.07) is 0. The molecule has 3 heterocycles. The number of fused-ring (bicyclic) bond motifs is 3. The van der Waals surface area contributed by atoms with Crippen molar-refractivity contribution >= 4 is 33.3 Å². The minimum Gasteiger partial charge on any atom is -0.352 e. The molecule has 0 N–H and O–H groups in total. The maximum atomic E-state index is 12.1. The number of amides is 1. The molecular formula is C23H32N4OS. The molecule has 1 amide bonds. The molecule has 6 heteroatoms. The van der Waals surface area contributed by atoms with Gasteiger partial charge in [0.05, 0.1) is 5.39 Å². The second-order valence-corrected chi connectivity index (χ2v) is 9.94. The maximum Gasteiger partial charge on any atom is 0.222 e. The highest BCUT2D eigenvalue weighted by molar-refractivity contribution is 7.19. The summed E-state index contributed by atoms with van der Waals surface area (Å²) in [5.41, 5.74) is 1.52. The first-order chi connectivity index (χ1) is 14.2. The van der Waals surface area contributed by atoms with Crippen molar-refractivity contribution in [3.05, 3.63) is 16.3 Å². The molecule has 1 saturated carbocycles. The molecule has 2 aromatic rings. The Balaban J connectivity index is 1.53. The van der Waals surface area contributed by atoms with E-state index in [1.165, 1.54) is 79.4 Å². The molecular weight excluding hydrogens is 380 g/mol. The second kappa shape index (κ2) is 8.21. The molecule has 2 aliphatic carbocycles. The van der Waals surface area contributed by atoms with E-state index in [4.69, 9.17) is 9.97 Å². The highest BCUT2D eigenvalue weighted by atomic mass is 32.1. The quantitative estimate of drug-likeness (QED) is 0.735. The third-order valence-corrected chi connectivity index (χ3v) is 8.20. The Morgan fingerprint density at radius 2 is 1.76 bits per heavy atom. The predicted octanol–water partition coefficient (Wildman–Crippen LogP) is 4.68. The zero-order chi connectivity index (χ0) is 19.8. The predicted molar refractivity (Wildman–Crippen MR) is 119 cm³/mol. The van der Waals surface area contributed by atoms with Gasteiger partial charge in [0.2, 0.25) is 5.91 Å². The lowest BCUT2D eigenvalue weighted by atomic mass is 9.88. The summed E-state index contributed by atoms with van der Waals surface area (Å²) in [6.45, 7) is 5.34. The average Bonchev–Trinajstić information content (AvgIpc) is 3.17. The van der Waals surface area contributed by atoms with E-state index in [1.807, 2.05) is 23.2 Å². The zero-order valence-electron chi connectivity index (χ0n) is 17.6. The minimum absolute atomic E-state index is 0.272. The van der Waals surface area contributed by atoms with Crippen LogP contribution in [0.5, 0.6) is 0 Å². The van der Waals surface area contributed by atoms with E-state index < -0.39 is 0 Å². The van der Waals surface area contributed by atoms with Crippen LogP contribution in [0.4, 0.5) is 5.82 Å². The van der Waals surface area contributed by atoms with Gasteiger partial charge in [0.1, 0.15) is 16.5 Å². The van der Waals surface area contributed by atoms with Crippen LogP contribution in [0.3, 0.4) is 0 Å². The second-order valence-electron chi connectivity index (χ2n) is 8.85. The normalized spacial score (nSPS) is 20.9. The van der Waals surface area contributed by atoms with Crippen LogP contribution in [0.15, 0.2) is 0 Å². The van der Waals surface area contributed by atoms with Gasteiger partial charge in [-0.1, -0.05) is 26.2 Å². The summed E-state index contributed by atoms with van der Waals surface area (Å²) in [4.78, 5) is 29.7. The van der Waals surface area contributed by atoms with Crippen molar-refractivity contribution in [3.8, 4) is 0 Å². The molecule has 0 unspecified atom stereocenters. The SMILES string of the molecule is CCC(=O)N1CCN(c2nc(C3CCCCC3)nc3sc4c(c23)CCCC4)CC1. The fourth-order valence-corrected chi connectivity index (χ4v) is 6.58. The molecule has 2 aromatic heterocycles. The van der Waals surface area contributed by atoms with Crippen molar-refractivity contribution < 1.29 is 4.79 Å². The van der Waals surface area contributed by atoms with Crippen molar-refractivity contribution in [3.63, 3.8) is 0 Å². The van der Waals surface area contributed by atoms with Crippen LogP contribution in [0, 0.1) is 0 Å². The molecule has 1 aliphatic heterocycles. The zero-order valence-corrected chi connectivity index (χ0v) is 18.4. The lowest BCUT2D eigenvalue weighted by Gasteiger charge is -2.36. The molecule has 0 spiro atoms. The Morgan fingerprint density at radius 1 is 1.00 bits per heavy atom. The molecule has 156 valence electrons. The Hall–Kier alpha value is -1.69.